The predicted molar refractivity (Wildman–Crippen MR) is 168 cm³/mol. The summed E-state index contributed by atoms with van der Waals surface area (Å²) in [4.78, 5) is 28.8. The summed E-state index contributed by atoms with van der Waals surface area (Å²) in [6, 6.07) is 18.5. The molecule has 0 aliphatic heterocycles. The third-order valence-electron chi connectivity index (χ3n) is 6.62. The number of carbonyl (C=O) groups excluding carboxylic acids is 2. The van der Waals surface area contributed by atoms with Crippen molar-refractivity contribution >= 4 is 50.7 Å². The zero-order valence-corrected chi connectivity index (χ0v) is 26.4. The van der Waals surface area contributed by atoms with Crippen LogP contribution in [0.2, 0.25) is 10.0 Å². The van der Waals surface area contributed by atoms with Gasteiger partial charge in [0.05, 0.1) is 17.2 Å². The lowest BCUT2D eigenvalue weighted by molar-refractivity contribution is -0.140. The summed E-state index contributed by atoms with van der Waals surface area (Å²) in [5.74, 6) is -0.341. The molecule has 0 spiro atoms. The molecule has 0 aromatic heterocycles. The summed E-state index contributed by atoms with van der Waals surface area (Å²) in [7, 11) is -4.19. The van der Waals surface area contributed by atoms with Crippen molar-refractivity contribution in [2.45, 2.75) is 57.5 Å². The van der Waals surface area contributed by atoms with Crippen LogP contribution in [0.25, 0.3) is 0 Å². The number of hydrogen-bond donors (Lipinski definition) is 1. The van der Waals surface area contributed by atoms with Crippen LogP contribution in [-0.4, -0.2) is 50.9 Å². The van der Waals surface area contributed by atoms with E-state index in [-0.39, 0.29) is 17.3 Å². The van der Waals surface area contributed by atoms with Crippen molar-refractivity contribution in [2.24, 2.45) is 0 Å². The number of hydrogen-bond acceptors (Lipinski definition) is 5. The van der Waals surface area contributed by atoms with E-state index in [1.54, 1.807) is 67.6 Å². The molecule has 0 unspecified atom stereocenters. The van der Waals surface area contributed by atoms with Gasteiger partial charge in [-0.1, -0.05) is 67.7 Å². The minimum absolute atomic E-state index is 0.000693. The maximum Gasteiger partial charge on any atom is 0.264 e. The molecule has 11 heteroatoms. The minimum Gasteiger partial charge on any atom is -0.494 e. The van der Waals surface area contributed by atoms with E-state index in [0.717, 1.165) is 17.1 Å². The van der Waals surface area contributed by atoms with Crippen LogP contribution >= 0.6 is 23.2 Å². The zero-order valence-electron chi connectivity index (χ0n) is 24.1. The molecular weight excluding hydrogens is 597 g/mol. The molecule has 1 N–H and O–H groups in total. The highest BCUT2D eigenvalue weighted by Crippen LogP contribution is 2.27. The number of halogens is 2. The Morgan fingerprint density at radius 1 is 0.952 bits per heavy atom. The third kappa shape index (κ3) is 8.63. The lowest BCUT2D eigenvalue weighted by Crippen LogP contribution is -2.52. The van der Waals surface area contributed by atoms with Gasteiger partial charge in [0.1, 0.15) is 18.3 Å². The molecule has 42 heavy (non-hydrogen) atoms. The molecule has 8 nitrogen and oxygen atoms in total. The van der Waals surface area contributed by atoms with Gasteiger partial charge in [-0.2, -0.15) is 0 Å². The first-order valence-electron chi connectivity index (χ1n) is 13.9. The number of sulfonamides is 1. The fourth-order valence-corrected chi connectivity index (χ4v) is 6.27. The highest BCUT2D eigenvalue weighted by molar-refractivity contribution is 7.92. The number of para-hydroxylation sites is 1. The molecule has 3 rings (SSSR count). The first-order chi connectivity index (χ1) is 20.1. The second-order valence-corrected chi connectivity index (χ2v) is 12.3. The molecule has 3 aromatic rings. The van der Waals surface area contributed by atoms with Crippen LogP contribution in [0.4, 0.5) is 5.69 Å². The van der Waals surface area contributed by atoms with Crippen molar-refractivity contribution in [1.82, 2.24) is 10.2 Å². The normalized spacial score (nSPS) is 11.9. The molecule has 3 aromatic carbocycles. The fraction of sp³-hybridized carbons (Fsp3) is 0.355. The second kappa shape index (κ2) is 15.8. The minimum atomic E-state index is -4.19. The molecule has 0 radical (unpaired) electrons. The van der Waals surface area contributed by atoms with Gasteiger partial charge in [-0.05, 0) is 73.9 Å². The van der Waals surface area contributed by atoms with Crippen molar-refractivity contribution in [3.8, 4) is 5.75 Å². The maximum absolute atomic E-state index is 14.1. The summed E-state index contributed by atoms with van der Waals surface area (Å²) >= 11 is 12.5. The molecule has 0 saturated heterocycles. The maximum atomic E-state index is 14.1. The SMILES string of the molecule is CCCCNC(=O)[C@@H](CC)N(Cc1ccc(Cl)cc1Cl)C(=O)CN(c1ccccc1)S(=O)(=O)c1ccc(OCC)cc1. The van der Waals surface area contributed by atoms with E-state index in [0.29, 0.717) is 46.6 Å². The fourth-order valence-electron chi connectivity index (χ4n) is 4.38. The standard InChI is InChI=1S/C31H37Cl2N3O5S/c1-4-7-19-34-31(38)29(5-2)35(21-23-13-14-24(32)20-28(23)33)30(37)22-36(25-11-9-8-10-12-25)42(39,40)27-17-15-26(16-18-27)41-6-3/h8-18,20,29H,4-7,19,21-22H2,1-3H3,(H,34,38)/t29-/m1/s1. The number of nitrogens with zero attached hydrogens (tertiary/aromatic N) is 2. The quantitative estimate of drug-likeness (QED) is 0.198. The van der Waals surface area contributed by atoms with Crippen molar-refractivity contribution in [3.05, 3.63) is 88.4 Å². The van der Waals surface area contributed by atoms with E-state index in [1.807, 2.05) is 13.8 Å². The van der Waals surface area contributed by atoms with E-state index in [9.17, 15) is 18.0 Å². The topological polar surface area (TPSA) is 96.0 Å². The number of nitrogens with one attached hydrogen (secondary N) is 1. The predicted octanol–water partition coefficient (Wildman–Crippen LogP) is 6.31. The van der Waals surface area contributed by atoms with Crippen molar-refractivity contribution < 1.29 is 22.7 Å². The van der Waals surface area contributed by atoms with Crippen LogP contribution in [-0.2, 0) is 26.2 Å². The van der Waals surface area contributed by atoms with Gasteiger partial charge in [0.2, 0.25) is 11.8 Å². The van der Waals surface area contributed by atoms with E-state index in [2.05, 4.69) is 5.32 Å². The Morgan fingerprint density at radius 2 is 1.64 bits per heavy atom. The Kier molecular flexibility index (Phi) is 12.5. The van der Waals surface area contributed by atoms with Crippen LogP contribution in [0.1, 0.15) is 45.6 Å². The average molecular weight is 635 g/mol. The molecule has 2 amide bonds. The van der Waals surface area contributed by atoms with Gasteiger partial charge in [-0.25, -0.2) is 8.42 Å². The number of benzene rings is 3. The first-order valence-corrected chi connectivity index (χ1v) is 16.1. The monoisotopic (exact) mass is 633 g/mol. The van der Waals surface area contributed by atoms with Crippen LogP contribution in [0.3, 0.4) is 0 Å². The second-order valence-electron chi connectivity index (χ2n) is 9.58. The summed E-state index contributed by atoms with van der Waals surface area (Å²) in [6.07, 6.45) is 2.00. The number of carbonyl (C=O) groups is 2. The van der Waals surface area contributed by atoms with E-state index in [4.69, 9.17) is 27.9 Å². The summed E-state index contributed by atoms with van der Waals surface area (Å²) < 4.78 is 34.4. The van der Waals surface area contributed by atoms with Gasteiger partial charge >= 0.3 is 0 Å². The molecule has 0 saturated carbocycles. The number of unbranched alkanes of at least 4 members (excludes halogenated alkanes) is 1. The smallest absolute Gasteiger partial charge is 0.264 e. The van der Waals surface area contributed by atoms with Crippen LogP contribution in [0, 0.1) is 0 Å². The van der Waals surface area contributed by atoms with E-state index >= 15 is 0 Å². The van der Waals surface area contributed by atoms with Crippen LogP contribution in [0.5, 0.6) is 5.75 Å². The highest BCUT2D eigenvalue weighted by atomic mass is 35.5. The first kappa shape index (κ1) is 33.2. The number of anilines is 1. The van der Waals surface area contributed by atoms with Gasteiger partial charge in [-0.15, -0.1) is 0 Å². The summed E-state index contributed by atoms with van der Waals surface area (Å²) in [6.45, 7) is 6.02. The number of ether oxygens (including phenoxy) is 1. The largest absolute Gasteiger partial charge is 0.494 e. The lowest BCUT2D eigenvalue weighted by Gasteiger charge is -2.33. The average Bonchev–Trinajstić information content (AvgIpc) is 2.97. The van der Waals surface area contributed by atoms with Gasteiger partial charge < -0.3 is 15.0 Å². The molecule has 0 aliphatic rings. The molecule has 0 bridgehead atoms. The Morgan fingerprint density at radius 3 is 2.24 bits per heavy atom. The van der Waals surface area contributed by atoms with Crippen LogP contribution < -0.4 is 14.4 Å². The van der Waals surface area contributed by atoms with E-state index in [1.165, 1.54) is 17.0 Å². The molecule has 226 valence electrons. The molecular formula is C31H37Cl2N3O5S. The van der Waals surface area contributed by atoms with Crippen molar-refractivity contribution in [1.29, 1.82) is 0 Å². The molecule has 0 heterocycles. The van der Waals surface area contributed by atoms with Crippen molar-refractivity contribution in [3.63, 3.8) is 0 Å². The van der Waals surface area contributed by atoms with Crippen LogP contribution in [0.15, 0.2) is 77.7 Å². The number of rotatable bonds is 15. The lowest BCUT2D eigenvalue weighted by atomic mass is 10.1. The van der Waals surface area contributed by atoms with Gasteiger partial charge in [-0.3, -0.25) is 13.9 Å². The van der Waals surface area contributed by atoms with E-state index < -0.39 is 28.5 Å². The Labute approximate surface area is 258 Å². The highest BCUT2D eigenvalue weighted by Gasteiger charge is 2.34. The van der Waals surface area contributed by atoms with Crippen molar-refractivity contribution in [2.75, 3.05) is 24.0 Å². The Balaban J connectivity index is 2.02. The summed E-state index contributed by atoms with van der Waals surface area (Å²) in [5, 5.41) is 3.68. The Bertz CT molecular complexity index is 1440. The molecule has 0 fully saturated rings. The summed E-state index contributed by atoms with van der Waals surface area (Å²) in [5.41, 5.74) is 0.888. The molecule has 1 atom stereocenters. The zero-order chi connectivity index (χ0) is 30.7. The third-order valence-corrected chi connectivity index (χ3v) is 8.99. The van der Waals surface area contributed by atoms with Gasteiger partial charge in [0.15, 0.2) is 0 Å². The number of amides is 2. The Hall–Kier alpha value is -3.27. The van der Waals surface area contributed by atoms with Gasteiger partial charge in [0, 0.05) is 23.1 Å². The van der Waals surface area contributed by atoms with Gasteiger partial charge in [0.25, 0.3) is 10.0 Å². The molecule has 0 aliphatic carbocycles.